The van der Waals surface area contributed by atoms with Crippen LogP contribution in [0.5, 0.6) is 6.01 Å². The molecule has 4 N–H and O–H groups in total. The van der Waals surface area contributed by atoms with Crippen molar-refractivity contribution in [3.63, 3.8) is 0 Å². The molecular weight excluding hydrogens is 268 g/mol. The number of hydrogen-bond acceptors (Lipinski definition) is 7. The lowest BCUT2D eigenvalue weighted by Gasteiger charge is -2.08. The van der Waals surface area contributed by atoms with Crippen LogP contribution in [0, 0.1) is 5.92 Å². The molecule has 0 fully saturated rings. The van der Waals surface area contributed by atoms with E-state index >= 15 is 0 Å². The van der Waals surface area contributed by atoms with E-state index in [1.165, 1.54) is 25.7 Å². The standard InChI is InChI=1S/C14H28N6O/c1-4-21-14-18-12(17-13(19-14)20-15)16-10-8-6-5-7-9-11(2)3/h11H,4-10,15H2,1-3H3,(H2,16,17,18,19,20). The van der Waals surface area contributed by atoms with Gasteiger partial charge in [0.1, 0.15) is 0 Å². The fraction of sp³-hybridized carbons (Fsp3) is 0.786. The van der Waals surface area contributed by atoms with E-state index < -0.39 is 0 Å². The minimum Gasteiger partial charge on any atom is -0.464 e. The number of ether oxygens (including phenoxy) is 1. The van der Waals surface area contributed by atoms with Gasteiger partial charge in [-0.25, -0.2) is 5.84 Å². The van der Waals surface area contributed by atoms with Gasteiger partial charge in [-0.3, -0.25) is 5.43 Å². The lowest BCUT2D eigenvalue weighted by atomic mass is 10.0. The molecule has 0 spiro atoms. The van der Waals surface area contributed by atoms with Gasteiger partial charge in [0.25, 0.3) is 0 Å². The van der Waals surface area contributed by atoms with E-state index in [1.54, 1.807) is 0 Å². The summed E-state index contributed by atoms with van der Waals surface area (Å²) in [5, 5.41) is 3.18. The van der Waals surface area contributed by atoms with Crippen molar-refractivity contribution in [2.75, 3.05) is 23.9 Å². The second-order valence-corrected chi connectivity index (χ2v) is 5.37. The minimum absolute atomic E-state index is 0.278. The number of nitrogens with one attached hydrogen (secondary N) is 2. The van der Waals surface area contributed by atoms with E-state index in [0.29, 0.717) is 18.5 Å². The third-order valence-electron chi connectivity index (χ3n) is 3.01. The molecule has 1 rings (SSSR count). The highest BCUT2D eigenvalue weighted by Crippen LogP contribution is 2.12. The molecule has 0 unspecified atom stereocenters. The Kier molecular flexibility index (Phi) is 8.42. The summed E-state index contributed by atoms with van der Waals surface area (Å²) in [4.78, 5) is 12.3. The lowest BCUT2D eigenvalue weighted by molar-refractivity contribution is 0.312. The molecule has 0 aliphatic heterocycles. The van der Waals surface area contributed by atoms with Gasteiger partial charge in [0.2, 0.25) is 11.9 Å². The maximum absolute atomic E-state index is 5.33. The Morgan fingerprint density at radius 2 is 1.76 bits per heavy atom. The molecule has 0 aromatic carbocycles. The van der Waals surface area contributed by atoms with Crippen LogP contribution in [-0.2, 0) is 0 Å². The number of nitrogen functional groups attached to an aromatic ring is 1. The molecule has 7 nitrogen and oxygen atoms in total. The minimum atomic E-state index is 0.278. The fourth-order valence-corrected chi connectivity index (χ4v) is 1.93. The van der Waals surface area contributed by atoms with E-state index in [0.717, 1.165) is 18.9 Å². The third kappa shape index (κ3) is 7.65. The Morgan fingerprint density at radius 3 is 2.43 bits per heavy atom. The molecule has 0 aliphatic carbocycles. The molecule has 0 bridgehead atoms. The predicted octanol–water partition coefficient (Wildman–Crippen LogP) is 2.57. The van der Waals surface area contributed by atoms with Gasteiger partial charge in [0, 0.05) is 6.54 Å². The van der Waals surface area contributed by atoms with Gasteiger partial charge in [-0.1, -0.05) is 39.5 Å². The van der Waals surface area contributed by atoms with Crippen LogP contribution in [0.4, 0.5) is 11.9 Å². The highest BCUT2D eigenvalue weighted by molar-refractivity contribution is 5.34. The molecule has 0 aliphatic rings. The summed E-state index contributed by atoms with van der Waals surface area (Å²) in [5.41, 5.74) is 2.41. The van der Waals surface area contributed by atoms with Gasteiger partial charge in [-0.2, -0.15) is 15.0 Å². The van der Waals surface area contributed by atoms with Gasteiger partial charge < -0.3 is 10.1 Å². The van der Waals surface area contributed by atoms with Crippen LogP contribution in [0.1, 0.15) is 52.9 Å². The van der Waals surface area contributed by atoms with Gasteiger partial charge >= 0.3 is 6.01 Å². The van der Waals surface area contributed by atoms with Crippen LogP contribution in [-0.4, -0.2) is 28.1 Å². The van der Waals surface area contributed by atoms with E-state index in [1.807, 2.05) is 6.92 Å². The Bertz CT molecular complexity index is 399. The van der Waals surface area contributed by atoms with Crippen LogP contribution in [0.3, 0.4) is 0 Å². The number of nitrogens with zero attached hydrogens (tertiary/aromatic N) is 3. The molecule has 1 aromatic heterocycles. The zero-order valence-corrected chi connectivity index (χ0v) is 13.4. The summed E-state index contributed by atoms with van der Waals surface area (Å²) in [6, 6.07) is 0.278. The number of anilines is 2. The van der Waals surface area contributed by atoms with E-state index in [-0.39, 0.29) is 6.01 Å². The van der Waals surface area contributed by atoms with Crippen LogP contribution in [0.15, 0.2) is 0 Å². The summed E-state index contributed by atoms with van der Waals surface area (Å²) in [6.07, 6.45) is 6.20. The zero-order chi connectivity index (χ0) is 15.5. The topological polar surface area (TPSA) is 98.0 Å². The van der Waals surface area contributed by atoms with Crippen LogP contribution in [0.25, 0.3) is 0 Å². The predicted molar refractivity (Wildman–Crippen MR) is 85.2 cm³/mol. The van der Waals surface area contributed by atoms with Crippen LogP contribution >= 0.6 is 0 Å². The molecule has 1 aromatic rings. The first-order valence-corrected chi connectivity index (χ1v) is 7.75. The maximum Gasteiger partial charge on any atom is 0.323 e. The number of hydrazine groups is 1. The van der Waals surface area contributed by atoms with E-state index in [9.17, 15) is 0 Å². The molecule has 21 heavy (non-hydrogen) atoms. The van der Waals surface area contributed by atoms with Crippen molar-refractivity contribution in [1.82, 2.24) is 15.0 Å². The smallest absolute Gasteiger partial charge is 0.323 e. The number of rotatable bonds is 11. The number of aromatic nitrogens is 3. The molecular formula is C14H28N6O. The highest BCUT2D eigenvalue weighted by Gasteiger charge is 2.05. The quantitative estimate of drug-likeness (QED) is 0.328. The number of hydrogen-bond donors (Lipinski definition) is 3. The van der Waals surface area contributed by atoms with Gasteiger partial charge in [-0.15, -0.1) is 0 Å². The maximum atomic E-state index is 5.33. The number of nitrogens with two attached hydrogens (primary N) is 1. The zero-order valence-electron chi connectivity index (χ0n) is 13.4. The SMILES string of the molecule is CCOc1nc(NN)nc(NCCCCCCC(C)C)n1. The van der Waals surface area contributed by atoms with Gasteiger partial charge in [0.05, 0.1) is 6.61 Å². The second-order valence-electron chi connectivity index (χ2n) is 5.37. The third-order valence-corrected chi connectivity index (χ3v) is 3.01. The van der Waals surface area contributed by atoms with Crippen molar-refractivity contribution in [2.45, 2.75) is 52.9 Å². The first-order chi connectivity index (χ1) is 10.2. The molecule has 7 heteroatoms. The highest BCUT2D eigenvalue weighted by atomic mass is 16.5. The molecule has 0 atom stereocenters. The van der Waals surface area contributed by atoms with Crippen molar-refractivity contribution < 1.29 is 4.74 Å². The van der Waals surface area contributed by atoms with Crippen molar-refractivity contribution in [3.05, 3.63) is 0 Å². The van der Waals surface area contributed by atoms with Crippen LogP contribution in [0.2, 0.25) is 0 Å². The lowest BCUT2D eigenvalue weighted by Crippen LogP contribution is -2.15. The fourth-order valence-electron chi connectivity index (χ4n) is 1.93. The average molecular weight is 296 g/mol. The summed E-state index contributed by atoms with van der Waals surface area (Å²) < 4.78 is 5.27. The average Bonchev–Trinajstić information content (AvgIpc) is 2.46. The largest absolute Gasteiger partial charge is 0.464 e. The Hall–Kier alpha value is -1.63. The first-order valence-electron chi connectivity index (χ1n) is 7.75. The molecule has 0 saturated heterocycles. The summed E-state index contributed by atoms with van der Waals surface area (Å²) in [6.45, 7) is 7.75. The van der Waals surface area contributed by atoms with Gasteiger partial charge in [-0.05, 0) is 19.3 Å². The number of unbranched alkanes of at least 4 members (excludes halogenated alkanes) is 3. The molecule has 0 amide bonds. The first kappa shape index (κ1) is 17.4. The molecule has 0 saturated carbocycles. The van der Waals surface area contributed by atoms with Crippen molar-refractivity contribution in [1.29, 1.82) is 0 Å². The Morgan fingerprint density at radius 1 is 1.05 bits per heavy atom. The Labute approximate surface area is 127 Å². The summed E-state index contributed by atoms with van der Waals surface area (Å²) in [7, 11) is 0. The van der Waals surface area contributed by atoms with Crippen molar-refractivity contribution in [3.8, 4) is 6.01 Å². The van der Waals surface area contributed by atoms with E-state index in [2.05, 4.69) is 39.5 Å². The van der Waals surface area contributed by atoms with Gasteiger partial charge in [0.15, 0.2) is 0 Å². The molecule has 1 heterocycles. The summed E-state index contributed by atoms with van der Waals surface area (Å²) >= 11 is 0. The van der Waals surface area contributed by atoms with Crippen molar-refractivity contribution >= 4 is 11.9 Å². The normalized spacial score (nSPS) is 10.7. The Balaban J connectivity index is 2.29. The monoisotopic (exact) mass is 296 g/mol. The van der Waals surface area contributed by atoms with E-state index in [4.69, 9.17) is 10.6 Å². The second kappa shape index (κ2) is 10.1. The molecule has 120 valence electrons. The van der Waals surface area contributed by atoms with Crippen molar-refractivity contribution in [2.24, 2.45) is 11.8 Å². The molecule has 0 radical (unpaired) electrons. The van der Waals surface area contributed by atoms with Crippen LogP contribution < -0.4 is 21.3 Å². The summed E-state index contributed by atoms with van der Waals surface area (Å²) in [5.74, 6) is 6.92.